The summed E-state index contributed by atoms with van der Waals surface area (Å²) in [6.07, 6.45) is 0. The second kappa shape index (κ2) is 9.15. The van der Waals surface area contributed by atoms with Crippen molar-refractivity contribution < 1.29 is 34.4 Å². The van der Waals surface area contributed by atoms with Crippen molar-refractivity contribution in [3.05, 3.63) is 0 Å². The van der Waals surface area contributed by atoms with E-state index in [4.69, 9.17) is 0 Å². The summed E-state index contributed by atoms with van der Waals surface area (Å²) in [5, 5.41) is 0. The zero-order valence-electron chi connectivity index (χ0n) is 3.82. The van der Waals surface area contributed by atoms with Crippen molar-refractivity contribution in [1.29, 1.82) is 0 Å². The van der Waals surface area contributed by atoms with Crippen molar-refractivity contribution in [2.45, 2.75) is 0 Å². The summed E-state index contributed by atoms with van der Waals surface area (Å²) >= 11 is 0. The molecule has 5 heavy (non-hydrogen) atoms. The minimum atomic E-state index is -0.625. The molecule has 0 aromatic heterocycles. The maximum absolute atomic E-state index is 9.53. The molecule has 0 radical (unpaired) electrons. The van der Waals surface area contributed by atoms with Gasteiger partial charge >= 0.3 is 29.6 Å². The number of rotatable bonds is 1. The predicted molar refractivity (Wildman–Crippen MR) is 27.0 cm³/mol. The van der Waals surface area contributed by atoms with Gasteiger partial charge in [0.25, 0.3) is 0 Å². The molecule has 0 N–H and O–H groups in total. The summed E-state index contributed by atoms with van der Waals surface area (Å²) in [6.45, 7) is 0. The Morgan fingerprint density at radius 2 is 1.80 bits per heavy atom. The smallest absolute Gasteiger partial charge is 0.865 e. The topological polar surface area (TPSA) is 23.1 Å². The van der Waals surface area contributed by atoms with Crippen LogP contribution in [0.4, 0.5) is 0 Å². The Balaban J connectivity index is 0. The molecule has 0 spiro atoms. The quantitative estimate of drug-likeness (QED) is 0.324. The zero-order chi connectivity index (χ0) is 3.41. The second-order valence-corrected chi connectivity index (χ2v) is 15.3. The summed E-state index contributed by atoms with van der Waals surface area (Å²) < 4.78 is 0. The number of hydrogen-bond donors (Lipinski definition) is 0. The van der Waals surface area contributed by atoms with E-state index in [1.54, 1.807) is 0 Å². The molecule has 0 fully saturated rings. The van der Waals surface area contributed by atoms with Gasteiger partial charge in [-0.3, -0.25) is 0 Å². The van der Waals surface area contributed by atoms with Crippen molar-refractivity contribution in [3.8, 4) is 0 Å². The van der Waals surface area contributed by atoms with Crippen molar-refractivity contribution in [3.63, 3.8) is 0 Å². The van der Waals surface area contributed by atoms with Crippen molar-refractivity contribution in [2.75, 3.05) is 0 Å². The van der Waals surface area contributed by atoms with Crippen LogP contribution in [-0.2, 0) is 0 Å². The normalized spacial score (nSPS) is 11.4. The molecule has 0 amide bonds. The van der Waals surface area contributed by atoms with Crippen LogP contribution in [0.25, 0.3) is 0 Å². The van der Waals surface area contributed by atoms with E-state index >= 15 is 0 Å². The van der Waals surface area contributed by atoms with Gasteiger partial charge in [0, 0.05) is 0 Å². The molecule has 5 heteroatoms. The van der Waals surface area contributed by atoms with Crippen molar-refractivity contribution >= 4 is 27.6 Å². The summed E-state index contributed by atoms with van der Waals surface area (Å²) in [6, 6.07) is 0. The summed E-state index contributed by atoms with van der Waals surface area (Å²) in [5.41, 5.74) is 0. The third-order valence-corrected chi connectivity index (χ3v) is 5.51. The Kier molecular flexibility index (Phi) is 17.9. The van der Waals surface area contributed by atoms with Crippen LogP contribution in [-0.4, -0.2) is 27.6 Å². The molecule has 0 aromatic rings. The Morgan fingerprint density at radius 3 is 1.80 bits per heavy atom. The van der Waals surface area contributed by atoms with Crippen LogP contribution >= 0.6 is 0 Å². The van der Waals surface area contributed by atoms with E-state index in [1.165, 1.54) is 9.76 Å². The fourth-order valence-corrected chi connectivity index (χ4v) is 0. The van der Waals surface area contributed by atoms with E-state index in [0.717, 1.165) is 0 Å². The molecule has 0 aliphatic carbocycles. The Morgan fingerprint density at radius 1 is 1.60 bits per heavy atom. The van der Waals surface area contributed by atoms with Crippen LogP contribution in [0, 0.1) is 0 Å². The molecular weight excluding hydrogens is 123 g/mol. The summed E-state index contributed by atoms with van der Waals surface area (Å²) in [5.74, 6) is 0. The molecule has 0 saturated heterocycles. The minimum absolute atomic E-state index is 0. The third kappa shape index (κ3) is 10.7. The summed E-state index contributed by atoms with van der Waals surface area (Å²) in [4.78, 5) is 9.53. The molecule has 0 rings (SSSR count). The fraction of sp³-hybridized carbons (Fsp3) is 0. The molecule has 0 saturated carbocycles. The molecule has 0 atom stereocenters. The molecule has 0 aliphatic rings. The van der Waals surface area contributed by atoms with E-state index in [0.29, 0.717) is 0 Å². The van der Waals surface area contributed by atoms with Crippen LogP contribution in [0.5, 0.6) is 0 Å². The van der Waals surface area contributed by atoms with E-state index < -0.39 is 9.28 Å². The first kappa shape index (κ1) is 9.79. The van der Waals surface area contributed by atoms with Crippen LogP contribution < -0.4 is 34.4 Å². The maximum Gasteiger partial charge on any atom is 1.00 e. The van der Waals surface area contributed by atoms with Gasteiger partial charge < -0.3 is 4.80 Å². The Hall–Kier alpha value is 1.61. The third-order valence-electron chi connectivity index (χ3n) is 0.204. The fourth-order valence-electron chi connectivity index (χ4n) is 0. The molecule has 0 unspecified atom stereocenters. The maximum atomic E-state index is 9.53. The van der Waals surface area contributed by atoms with E-state index in [-0.39, 0.29) is 38.1 Å². The molecule has 1 nitrogen and oxygen atoms in total. The van der Waals surface area contributed by atoms with Crippen LogP contribution in [0.2, 0.25) is 0 Å². The standard InChI is InChI=1S/Na.H7OSi3/c;1-3-4-2/h;3-4H2,2H3/q+1;-1. The van der Waals surface area contributed by atoms with Gasteiger partial charge in [0.05, 0.1) is 0 Å². The first-order valence-corrected chi connectivity index (χ1v) is 11.7. The molecular formula is H7NaOSi3. The SMILES string of the molecule is [Na+].[O-][SiH2][SiH2][SiH3]. The number of hydrogen-bond acceptors (Lipinski definition) is 1. The predicted octanol–water partition coefficient (Wildman–Crippen LogP) is -7.20. The zero-order valence-corrected chi connectivity index (χ0v) is 10.7. The average molecular weight is 130 g/mol. The van der Waals surface area contributed by atoms with Gasteiger partial charge in [-0.05, 0) is 18.3 Å². The molecule has 0 heterocycles. The first-order chi connectivity index (χ1) is 1.91. The van der Waals surface area contributed by atoms with Gasteiger partial charge in [-0.25, -0.2) is 0 Å². The minimum Gasteiger partial charge on any atom is -0.865 e. The van der Waals surface area contributed by atoms with E-state index in [2.05, 4.69) is 0 Å². The van der Waals surface area contributed by atoms with Crippen LogP contribution in [0.3, 0.4) is 0 Å². The molecule has 0 aliphatic heterocycles. The van der Waals surface area contributed by atoms with Crippen molar-refractivity contribution in [2.24, 2.45) is 0 Å². The van der Waals surface area contributed by atoms with Crippen LogP contribution in [0.1, 0.15) is 0 Å². The monoisotopic (exact) mass is 130 g/mol. The summed E-state index contributed by atoms with van der Waals surface area (Å²) in [7, 11) is 0.799. The average Bonchev–Trinajstić information content (AvgIpc) is 1.37. The van der Waals surface area contributed by atoms with Gasteiger partial charge in [-0.2, -0.15) is 0 Å². The Labute approximate surface area is 61.6 Å². The molecule has 0 aromatic carbocycles. The first-order valence-electron chi connectivity index (χ1n) is 1.50. The van der Waals surface area contributed by atoms with E-state index in [1.807, 2.05) is 0 Å². The largest absolute Gasteiger partial charge is 1.00 e. The van der Waals surface area contributed by atoms with Gasteiger partial charge in [0.1, 0.15) is 0 Å². The van der Waals surface area contributed by atoms with Gasteiger partial charge in [-0.1, -0.05) is 9.28 Å². The van der Waals surface area contributed by atoms with Crippen molar-refractivity contribution in [1.82, 2.24) is 0 Å². The molecule has 0 bridgehead atoms. The van der Waals surface area contributed by atoms with Gasteiger partial charge in [0.15, 0.2) is 0 Å². The van der Waals surface area contributed by atoms with Crippen LogP contribution in [0.15, 0.2) is 0 Å². The second-order valence-electron chi connectivity index (χ2n) is 0.704. The molecule has 26 valence electrons. The van der Waals surface area contributed by atoms with E-state index in [9.17, 15) is 4.80 Å². The van der Waals surface area contributed by atoms with Gasteiger partial charge in [-0.15, -0.1) is 0 Å². The Bertz CT molecular complexity index is 8.85. The van der Waals surface area contributed by atoms with Gasteiger partial charge in [0.2, 0.25) is 0 Å².